The minimum Gasteiger partial charge on any atom is -0.346 e. The van der Waals surface area contributed by atoms with Crippen molar-refractivity contribution >= 4 is 43.0 Å². The molecule has 1 aromatic heterocycles. The van der Waals surface area contributed by atoms with E-state index in [1.54, 1.807) is 18.4 Å². The summed E-state index contributed by atoms with van der Waals surface area (Å²) >= 11 is 4.71. The van der Waals surface area contributed by atoms with E-state index in [0.717, 1.165) is 3.79 Å². The van der Waals surface area contributed by atoms with Gasteiger partial charge in [0.15, 0.2) is 9.84 Å². The van der Waals surface area contributed by atoms with Gasteiger partial charge in [-0.05, 0) is 35.3 Å². The zero-order chi connectivity index (χ0) is 12.7. The largest absolute Gasteiger partial charge is 0.346 e. The van der Waals surface area contributed by atoms with Crippen LogP contribution in [0, 0.1) is 0 Å². The minimum absolute atomic E-state index is 0.0248. The first-order valence-corrected chi connectivity index (χ1v) is 8.56. The molecule has 2 rings (SSSR count). The van der Waals surface area contributed by atoms with E-state index in [2.05, 4.69) is 21.2 Å². The summed E-state index contributed by atoms with van der Waals surface area (Å²) in [6, 6.07) is 1.73. The monoisotopic (exact) mass is 337 g/mol. The number of halogens is 1. The maximum atomic E-state index is 11.9. The van der Waals surface area contributed by atoms with E-state index >= 15 is 0 Å². The minimum atomic E-state index is -3.00. The number of hydrogen-bond acceptors (Lipinski definition) is 4. The molecule has 0 aromatic carbocycles. The van der Waals surface area contributed by atoms with Crippen LogP contribution < -0.4 is 5.32 Å². The van der Waals surface area contributed by atoms with Gasteiger partial charge in [-0.25, -0.2) is 8.42 Å². The van der Waals surface area contributed by atoms with Crippen LogP contribution in [0.4, 0.5) is 0 Å². The molecule has 1 amide bonds. The highest BCUT2D eigenvalue weighted by Gasteiger charge is 2.39. The molecule has 1 saturated heterocycles. The van der Waals surface area contributed by atoms with Gasteiger partial charge in [0.2, 0.25) is 0 Å². The predicted molar refractivity (Wildman–Crippen MR) is 71.2 cm³/mol. The van der Waals surface area contributed by atoms with Gasteiger partial charge in [-0.3, -0.25) is 4.79 Å². The van der Waals surface area contributed by atoms with Crippen molar-refractivity contribution in [3.8, 4) is 0 Å². The average Bonchev–Trinajstić information content (AvgIpc) is 2.71. The van der Waals surface area contributed by atoms with E-state index in [0.29, 0.717) is 12.0 Å². The molecule has 17 heavy (non-hydrogen) atoms. The Morgan fingerprint density at radius 1 is 1.59 bits per heavy atom. The summed E-state index contributed by atoms with van der Waals surface area (Å²) in [5.41, 5.74) is -0.0722. The highest BCUT2D eigenvalue weighted by Crippen LogP contribution is 2.25. The predicted octanol–water partition coefficient (Wildman–Crippen LogP) is 1.82. The van der Waals surface area contributed by atoms with Crippen molar-refractivity contribution in [2.24, 2.45) is 0 Å². The van der Waals surface area contributed by atoms with Crippen LogP contribution in [-0.2, 0) is 9.84 Å². The lowest BCUT2D eigenvalue weighted by molar-refractivity contribution is 0.0916. The summed E-state index contributed by atoms with van der Waals surface area (Å²) in [6.07, 6.45) is 0.479. The lowest BCUT2D eigenvalue weighted by Gasteiger charge is -2.23. The summed E-state index contributed by atoms with van der Waals surface area (Å²) in [5, 5.41) is 4.55. The Balaban J connectivity index is 2.10. The molecule has 4 nitrogen and oxygen atoms in total. The molecular formula is C10H12BrNO3S2. The SMILES string of the molecule is CC1(NC(=O)c2csc(Br)c2)CCS(=O)(=O)C1. The molecule has 7 heteroatoms. The van der Waals surface area contributed by atoms with Gasteiger partial charge < -0.3 is 5.32 Å². The third-order valence-corrected chi connectivity index (χ3v) is 6.16. The fourth-order valence-electron chi connectivity index (χ4n) is 1.88. The Morgan fingerprint density at radius 2 is 2.29 bits per heavy atom. The van der Waals surface area contributed by atoms with Crippen LogP contribution in [0.15, 0.2) is 15.2 Å². The first-order chi connectivity index (χ1) is 7.80. The second-order valence-electron chi connectivity index (χ2n) is 4.50. The fourth-order valence-corrected chi connectivity index (χ4v) is 5.11. The van der Waals surface area contributed by atoms with Gasteiger partial charge in [-0.15, -0.1) is 11.3 Å². The smallest absolute Gasteiger partial charge is 0.252 e. The Labute approximate surface area is 112 Å². The van der Waals surface area contributed by atoms with Crippen molar-refractivity contribution in [2.45, 2.75) is 18.9 Å². The second kappa shape index (κ2) is 4.37. The van der Waals surface area contributed by atoms with Crippen molar-refractivity contribution in [3.05, 3.63) is 20.8 Å². The van der Waals surface area contributed by atoms with E-state index in [1.807, 2.05) is 0 Å². The van der Waals surface area contributed by atoms with Crippen molar-refractivity contribution in [2.75, 3.05) is 11.5 Å². The number of sulfone groups is 1. The van der Waals surface area contributed by atoms with Gasteiger partial charge in [-0.2, -0.15) is 0 Å². The van der Waals surface area contributed by atoms with E-state index in [9.17, 15) is 13.2 Å². The molecule has 0 saturated carbocycles. The van der Waals surface area contributed by atoms with Gasteiger partial charge in [0.25, 0.3) is 5.91 Å². The number of carbonyl (C=O) groups is 1. The number of nitrogens with one attached hydrogen (secondary N) is 1. The third kappa shape index (κ3) is 3.08. The lowest BCUT2D eigenvalue weighted by Crippen LogP contribution is -2.46. The van der Waals surface area contributed by atoms with Gasteiger partial charge in [0.05, 0.1) is 26.4 Å². The molecule has 1 atom stereocenters. The van der Waals surface area contributed by atoms with E-state index in [1.165, 1.54) is 11.3 Å². The first kappa shape index (κ1) is 13.0. The number of hydrogen-bond donors (Lipinski definition) is 1. The summed E-state index contributed by atoms with van der Waals surface area (Å²) in [5.74, 6) is -0.0414. The Kier molecular flexibility index (Phi) is 3.35. The van der Waals surface area contributed by atoms with E-state index in [4.69, 9.17) is 0 Å². The number of amides is 1. The van der Waals surface area contributed by atoms with Crippen LogP contribution in [-0.4, -0.2) is 31.4 Å². The molecule has 2 heterocycles. The fraction of sp³-hybridized carbons (Fsp3) is 0.500. The molecule has 0 radical (unpaired) electrons. The quantitative estimate of drug-likeness (QED) is 0.895. The number of thiophene rings is 1. The van der Waals surface area contributed by atoms with Crippen molar-refractivity contribution in [1.29, 1.82) is 0 Å². The maximum Gasteiger partial charge on any atom is 0.252 e. The van der Waals surface area contributed by atoms with Crippen LogP contribution in [0.1, 0.15) is 23.7 Å². The average molecular weight is 338 g/mol. The molecule has 1 unspecified atom stereocenters. The lowest BCUT2D eigenvalue weighted by atomic mass is 10.0. The second-order valence-corrected chi connectivity index (χ2v) is 8.97. The molecule has 0 spiro atoms. The molecule has 1 aromatic rings. The summed E-state index contributed by atoms with van der Waals surface area (Å²) in [7, 11) is -3.00. The Bertz CT molecular complexity index is 552. The maximum absolute atomic E-state index is 11.9. The first-order valence-electron chi connectivity index (χ1n) is 5.07. The Morgan fingerprint density at radius 3 is 2.76 bits per heavy atom. The Hall–Kier alpha value is -0.400. The molecule has 1 aliphatic rings. The highest BCUT2D eigenvalue weighted by molar-refractivity contribution is 9.11. The van der Waals surface area contributed by atoms with E-state index in [-0.39, 0.29) is 17.4 Å². The number of carbonyl (C=O) groups excluding carboxylic acids is 1. The van der Waals surface area contributed by atoms with Crippen LogP contribution in [0.3, 0.4) is 0 Å². The van der Waals surface area contributed by atoms with Gasteiger partial charge in [0.1, 0.15) is 0 Å². The van der Waals surface area contributed by atoms with Gasteiger partial charge in [-0.1, -0.05) is 0 Å². The molecule has 1 N–H and O–H groups in total. The zero-order valence-electron chi connectivity index (χ0n) is 9.20. The topological polar surface area (TPSA) is 63.2 Å². The molecule has 94 valence electrons. The molecule has 0 aliphatic carbocycles. The summed E-state index contributed by atoms with van der Waals surface area (Å²) in [6.45, 7) is 1.77. The van der Waals surface area contributed by atoms with E-state index < -0.39 is 15.4 Å². The van der Waals surface area contributed by atoms with Crippen LogP contribution >= 0.6 is 27.3 Å². The standard InChI is InChI=1S/C10H12BrNO3S2/c1-10(2-3-17(14,15)6-10)12-9(13)7-4-8(11)16-5-7/h4-5H,2-3,6H2,1H3,(H,12,13). The zero-order valence-corrected chi connectivity index (χ0v) is 12.4. The molecule has 1 fully saturated rings. The normalized spacial score (nSPS) is 26.9. The van der Waals surface area contributed by atoms with Crippen LogP contribution in [0.5, 0.6) is 0 Å². The van der Waals surface area contributed by atoms with Crippen LogP contribution in [0.2, 0.25) is 0 Å². The number of rotatable bonds is 2. The molecule has 0 bridgehead atoms. The van der Waals surface area contributed by atoms with Crippen molar-refractivity contribution in [1.82, 2.24) is 5.32 Å². The van der Waals surface area contributed by atoms with Crippen molar-refractivity contribution < 1.29 is 13.2 Å². The van der Waals surface area contributed by atoms with Gasteiger partial charge in [0, 0.05) is 5.38 Å². The van der Waals surface area contributed by atoms with Crippen molar-refractivity contribution in [3.63, 3.8) is 0 Å². The molecular weight excluding hydrogens is 326 g/mol. The summed E-state index contributed by atoms with van der Waals surface area (Å²) in [4.78, 5) is 11.9. The third-order valence-electron chi connectivity index (χ3n) is 2.75. The summed E-state index contributed by atoms with van der Waals surface area (Å²) < 4.78 is 23.7. The highest BCUT2D eigenvalue weighted by atomic mass is 79.9. The molecule has 1 aliphatic heterocycles. The van der Waals surface area contributed by atoms with Gasteiger partial charge >= 0.3 is 0 Å². The van der Waals surface area contributed by atoms with Crippen LogP contribution in [0.25, 0.3) is 0 Å².